The molecule has 0 aromatic rings. The lowest BCUT2D eigenvalue weighted by atomic mass is 9.96. The van der Waals surface area contributed by atoms with Gasteiger partial charge in [0.05, 0.1) is 0 Å². The van der Waals surface area contributed by atoms with Gasteiger partial charge in [-0.05, 0) is 38.4 Å². The second-order valence-corrected chi connectivity index (χ2v) is 5.54. The third kappa shape index (κ3) is 5.53. The first kappa shape index (κ1) is 14.3. The molecule has 0 aromatic carbocycles. The molecule has 1 aliphatic rings. The maximum atomic E-state index is 5.91. The van der Waals surface area contributed by atoms with Crippen LogP contribution >= 0.6 is 23.2 Å². The minimum atomic E-state index is 0.589. The largest absolute Gasteiger partial charge is 0.314 e. The van der Waals surface area contributed by atoms with Crippen molar-refractivity contribution in [2.24, 2.45) is 5.92 Å². The molecule has 1 fully saturated rings. The van der Waals surface area contributed by atoms with Gasteiger partial charge in [0.15, 0.2) is 0 Å². The highest BCUT2D eigenvalue weighted by molar-refractivity contribution is 6.36. The summed E-state index contributed by atoms with van der Waals surface area (Å²) in [4.78, 5) is 2.37. The zero-order valence-electron chi connectivity index (χ0n) is 10.2. The fourth-order valence-corrected chi connectivity index (χ4v) is 2.24. The predicted molar refractivity (Wildman–Crippen MR) is 72.1 cm³/mol. The Morgan fingerprint density at radius 3 is 2.56 bits per heavy atom. The Balaban J connectivity index is 2.18. The maximum Gasteiger partial charge on any atom is 0.0434 e. The van der Waals surface area contributed by atoms with Gasteiger partial charge in [-0.3, -0.25) is 4.90 Å². The van der Waals surface area contributed by atoms with Crippen LogP contribution in [0.3, 0.4) is 0 Å². The Hall–Kier alpha value is 0.240. The predicted octanol–water partition coefficient (Wildman–Crippen LogP) is 3.02. The summed E-state index contributed by atoms with van der Waals surface area (Å²) in [5, 5.41) is 4.24. The highest BCUT2D eigenvalue weighted by atomic mass is 35.5. The molecule has 2 nitrogen and oxygen atoms in total. The van der Waals surface area contributed by atoms with Crippen LogP contribution in [0.5, 0.6) is 0 Å². The molecule has 1 saturated heterocycles. The zero-order valence-corrected chi connectivity index (χ0v) is 11.7. The highest BCUT2D eigenvalue weighted by Crippen LogP contribution is 2.18. The van der Waals surface area contributed by atoms with E-state index in [0.29, 0.717) is 6.04 Å². The number of piperidine rings is 1. The van der Waals surface area contributed by atoms with Crippen molar-refractivity contribution in [3.63, 3.8) is 0 Å². The number of nitrogens with zero attached hydrogens (tertiary/aromatic N) is 1. The summed E-state index contributed by atoms with van der Waals surface area (Å²) in [5.41, 5.74) is 1.47. The lowest BCUT2D eigenvalue weighted by Crippen LogP contribution is -2.39. The first-order valence-corrected chi connectivity index (χ1v) is 6.83. The van der Waals surface area contributed by atoms with Gasteiger partial charge in [-0.1, -0.05) is 37.0 Å². The van der Waals surface area contributed by atoms with Crippen molar-refractivity contribution < 1.29 is 0 Å². The SMILES string of the molecule is CC(C)NCC1CCN(CC(Cl)=CCl)CC1. The van der Waals surface area contributed by atoms with Crippen molar-refractivity contribution in [2.45, 2.75) is 32.7 Å². The molecule has 0 radical (unpaired) electrons. The molecule has 1 aliphatic heterocycles. The molecule has 0 bridgehead atoms. The second kappa shape index (κ2) is 7.54. The van der Waals surface area contributed by atoms with Crippen molar-refractivity contribution >= 4 is 23.2 Å². The van der Waals surface area contributed by atoms with E-state index in [-0.39, 0.29) is 0 Å². The topological polar surface area (TPSA) is 15.3 Å². The molecule has 1 N–H and O–H groups in total. The fraction of sp³-hybridized carbons (Fsp3) is 0.833. The van der Waals surface area contributed by atoms with Gasteiger partial charge >= 0.3 is 0 Å². The van der Waals surface area contributed by atoms with E-state index in [4.69, 9.17) is 23.2 Å². The second-order valence-electron chi connectivity index (χ2n) is 4.84. The van der Waals surface area contributed by atoms with Crippen LogP contribution in [0.4, 0.5) is 0 Å². The fourth-order valence-electron chi connectivity index (χ4n) is 2.00. The molecular formula is C12H22Cl2N2. The van der Waals surface area contributed by atoms with E-state index in [1.807, 2.05) is 0 Å². The molecule has 16 heavy (non-hydrogen) atoms. The van der Waals surface area contributed by atoms with Crippen LogP contribution < -0.4 is 5.32 Å². The molecule has 0 aliphatic carbocycles. The van der Waals surface area contributed by atoms with Gasteiger partial charge in [-0.2, -0.15) is 0 Å². The van der Waals surface area contributed by atoms with Crippen molar-refractivity contribution in [1.82, 2.24) is 10.2 Å². The van der Waals surface area contributed by atoms with Crippen LogP contribution in [0, 0.1) is 5.92 Å². The Morgan fingerprint density at radius 1 is 1.44 bits per heavy atom. The minimum Gasteiger partial charge on any atom is -0.314 e. The van der Waals surface area contributed by atoms with Gasteiger partial charge in [0.25, 0.3) is 0 Å². The first-order valence-electron chi connectivity index (χ1n) is 6.02. The van der Waals surface area contributed by atoms with Gasteiger partial charge in [0.1, 0.15) is 0 Å². The van der Waals surface area contributed by atoms with Gasteiger partial charge in [-0.25, -0.2) is 0 Å². The van der Waals surface area contributed by atoms with Gasteiger partial charge < -0.3 is 5.32 Å². The highest BCUT2D eigenvalue weighted by Gasteiger charge is 2.19. The van der Waals surface area contributed by atoms with Crippen LogP contribution in [0.2, 0.25) is 0 Å². The maximum absolute atomic E-state index is 5.91. The zero-order chi connectivity index (χ0) is 12.0. The lowest BCUT2D eigenvalue weighted by Gasteiger charge is -2.32. The van der Waals surface area contributed by atoms with Gasteiger partial charge in [0, 0.05) is 23.2 Å². The quantitative estimate of drug-likeness (QED) is 0.822. The molecule has 1 heterocycles. The first-order chi connectivity index (χ1) is 7.61. The molecule has 0 spiro atoms. The lowest BCUT2D eigenvalue weighted by molar-refractivity contribution is 0.195. The summed E-state index contributed by atoms with van der Waals surface area (Å²) < 4.78 is 0. The number of nitrogens with one attached hydrogen (secondary N) is 1. The molecule has 0 amide bonds. The molecule has 1 rings (SSSR count). The Labute approximate surface area is 109 Å². The van der Waals surface area contributed by atoms with Crippen LogP contribution in [-0.4, -0.2) is 37.1 Å². The molecule has 94 valence electrons. The normalized spacial score (nSPS) is 20.7. The van der Waals surface area contributed by atoms with E-state index >= 15 is 0 Å². The Morgan fingerprint density at radius 2 is 2.06 bits per heavy atom. The van der Waals surface area contributed by atoms with E-state index in [2.05, 4.69) is 24.1 Å². The van der Waals surface area contributed by atoms with Crippen LogP contribution in [0.25, 0.3) is 0 Å². The van der Waals surface area contributed by atoms with Crippen molar-refractivity contribution in [1.29, 1.82) is 0 Å². The standard InChI is InChI=1S/C12H22Cl2N2/c1-10(2)15-8-11-3-5-16(6-4-11)9-12(14)7-13/h7,10-11,15H,3-6,8-9H2,1-2H3. The molecule has 4 heteroatoms. The molecule has 0 atom stereocenters. The van der Waals surface area contributed by atoms with Crippen molar-refractivity contribution in [3.8, 4) is 0 Å². The number of likely N-dealkylation sites (tertiary alicyclic amines) is 1. The Kier molecular flexibility index (Phi) is 6.74. The summed E-state index contributed by atoms with van der Waals surface area (Å²) in [6, 6.07) is 0.589. The summed E-state index contributed by atoms with van der Waals surface area (Å²) in [7, 11) is 0. The van der Waals surface area contributed by atoms with Gasteiger partial charge in [0.2, 0.25) is 0 Å². The minimum absolute atomic E-state index is 0.589. The number of halogens is 2. The number of hydrogen-bond donors (Lipinski definition) is 1. The average molecular weight is 265 g/mol. The van der Waals surface area contributed by atoms with E-state index < -0.39 is 0 Å². The van der Waals surface area contributed by atoms with Crippen molar-refractivity contribution in [3.05, 3.63) is 10.6 Å². The third-order valence-electron chi connectivity index (χ3n) is 3.01. The van der Waals surface area contributed by atoms with Crippen molar-refractivity contribution in [2.75, 3.05) is 26.2 Å². The van der Waals surface area contributed by atoms with E-state index in [1.165, 1.54) is 18.4 Å². The molecule has 0 saturated carbocycles. The van der Waals surface area contributed by atoms with E-state index in [1.54, 1.807) is 0 Å². The Bertz CT molecular complexity index is 221. The van der Waals surface area contributed by atoms with Crippen LogP contribution in [0.1, 0.15) is 26.7 Å². The summed E-state index contributed by atoms with van der Waals surface area (Å²) >= 11 is 11.5. The summed E-state index contributed by atoms with van der Waals surface area (Å²) in [5.74, 6) is 0.817. The van der Waals surface area contributed by atoms with Gasteiger partial charge in [-0.15, -0.1) is 0 Å². The monoisotopic (exact) mass is 264 g/mol. The third-order valence-corrected chi connectivity index (χ3v) is 3.62. The molecule has 0 unspecified atom stereocenters. The smallest absolute Gasteiger partial charge is 0.0434 e. The number of hydrogen-bond acceptors (Lipinski definition) is 2. The van der Waals surface area contributed by atoms with E-state index in [9.17, 15) is 0 Å². The van der Waals surface area contributed by atoms with Crippen LogP contribution in [-0.2, 0) is 0 Å². The summed E-state index contributed by atoms with van der Waals surface area (Å²) in [6.07, 6.45) is 2.51. The van der Waals surface area contributed by atoms with E-state index in [0.717, 1.165) is 37.1 Å². The molecule has 0 aromatic heterocycles. The average Bonchev–Trinajstić information content (AvgIpc) is 2.28. The molecular weight excluding hydrogens is 243 g/mol. The number of rotatable bonds is 5. The van der Waals surface area contributed by atoms with Crippen LogP contribution in [0.15, 0.2) is 10.6 Å². The summed E-state index contributed by atoms with van der Waals surface area (Å²) in [6.45, 7) is 8.59.